The Morgan fingerprint density at radius 3 is 3.19 bits per heavy atom. The third kappa shape index (κ3) is 2.42. The Balaban J connectivity index is 2.22. The van der Waals surface area contributed by atoms with E-state index in [1.807, 2.05) is 11.4 Å². The highest BCUT2D eigenvalue weighted by molar-refractivity contribution is 7.16. The number of rotatable bonds is 5. The summed E-state index contributed by atoms with van der Waals surface area (Å²) in [5.41, 5.74) is 0. The van der Waals surface area contributed by atoms with Crippen LogP contribution in [0.1, 0.15) is 0 Å². The Kier molecular flexibility index (Phi) is 3.93. The fraction of sp³-hybridized carbons (Fsp3) is 0.400. The quantitative estimate of drug-likeness (QED) is 0.836. The summed E-state index contributed by atoms with van der Waals surface area (Å²) >= 11 is 7.43. The molecule has 0 aromatic carbocycles. The second-order valence-electron chi connectivity index (χ2n) is 3.31. The van der Waals surface area contributed by atoms with Crippen LogP contribution in [0, 0.1) is 0 Å². The molecular weight excluding hydrogens is 246 g/mol. The van der Waals surface area contributed by atoms with E-state index in [2.05, 4.69) is 15.3 Å². The predicted octanol–water partition coefficient (Wildman–Crippen LogP) is 2.36. The minimum Gasteiger partial charge on any atom is -0.383 e. The zero-order chi connectivity index (χ0) is 11.4. The Bertz CT molecular complexity index is 462. The number of thiophene rings is 1. The molecule has 0 spiro atoms. The molecular formula is C10H12ClN3OS. The maximum atomic E-state index is 5.84. The first-order chi connectivity index (χ1) is 7.85. The molecule has 16 heavy (non-hydrogen) atoms. The number of halogens is 1. The van der Waals surface area contributed by atoms with Crippen molar-refractivity contribution in [1.29, 1.82) is 0 Å². The molecule has 1 atom stereocenters. The zero-order valence-electron chi connectivity index (χ0n) is 8.81. The second kappa shape index (κ2) is 5.43. The molecule has 0 aliphatic rings. The van der Waals surface area contributed by atoms with Gasteiger partial charge in [0.2, 0.25) is 0 Å². The summed E-state index contributed by atoms with van der Waals surface area (Å²) < 4.78 is 5.07. The van der Waals surface area contributed by atoms with Gasteiger partial charge in [0.25, 0.3) is 0 Å². The number of hydrogen-bond acceptors (Lipinski definition) is 5. The highest BCUT2D eigenvalue weighted by Crippen LogP contribution is 2.24. The summed E-state index contributed by atoms with van der Waals surface area (Å²) in [6.07, 6.45) is 1.55. The van der Waals surface area contributed by atoms with E-state index in [1.165, 1.54) is 0 Å². The Labute approximate surface area is 103 Å². The molecule has 86 valence electrons. The molecule has 0 saturated heterocycles. The van der Waals surface area contributed by atoms with E-state index in [4.69, 9.17) is 16.3 Å². The Morgan fingerprint density at radius 1 is 1.56 bits per heavy atom. The van der Waals surface area contributed by atoms with E-state index >= 15 is 0 Å². The topological polar surface area (TPSA) is 47.0 Å². The third-order valence-electron chi connectivity index (χ3n) is 2.16. The highest BCUT2D eigenvalue weighted by Gasteiger charge is 2.10. The standard InChI is InChI=1S/C10H12ClN3OS/c1-15-5-7(4-11)14-9-8-2-3-16-10(8)13-6-12-9/h2-3,6-7H,4-5H2,1H3,(H,12,13,14). The molecule has 2 rings (SSSR count). The molecule has 0 aliphatic carbocycles. The fourth-order valence-corrected chi connectivity index (χ4v) is 2.32. The maximum Gasteiger partial charge on any atom is 0.138 e. The number of nitrogens with zero attached hydrogens (tertiary/aromatic N) is 2. The highest BCUT2D eigenvalue weighted by atomic mass is 35.5. The summed E-state index contributed by atoms with van der Waals surface area (Å²) in [6.45, 7) is 0.555. The Morgan fingerprint density at radius 2 is 2.44 bits per heavy atom. The molecule has 0 aliphatic heterocycles. The molecule has 0 bridgehead atoms. The van der Waals surface area contributed by atoms with Crippen molar-refractivity contribution in [2.75, 3.05) is 24.9 Å². The van der Waals surface area contributed by atoms with Crippen LogP contribution in [0.2, 0.25) is 0 Å². The van der Waals surface area contributed by atoms with Crippen LogP contribution in [-0.2, 0) is 4.74 Å². The molecule has 0 fully saturated rings. The molecule has 2 aromatic rings. The lowest BCUT2D eigenvalue weighted by molar-refractivity contribution is 0.191. The number of fused-ring (bicyclic) bond motifs is 1. The lowest BCUT2D eigenvalue weighted by atomic mass is 10.3. The average Bonchev–Trinajstić information content (AvgIpc) is 2.77. The van der Waals surface area contributed by atoms with E-state index in [1.54, 1.807) is 24.8 Å². The number of nitrogens with one attached hydrogen (secondary N) is 1. The largest absolute Gasteiger partial charge is 0.383 e. The van der Waals surface area contributed by atoms with Gasteiger partial charge in [0.15, 0.2) is 0 Å². The molecule has 1 unspecified atom stereocenters. The molecule has 2 aromatic heterocycles. The number of alkyl halides is 1. The number of hydrogen-bond donors (Lipinski definition) is 1. The van der Waals surface area contributed by atoms with Gasteiger partial charge in [-0.05, 0) is 11.4 Å². The van der Waals surface area contributed by atoms with E-state index in [-0.39, 0.29) is 6.04 Å². The van der Waals surface area contributed by atoms with Crippen LogP contribution in [0.4, 0.5) is 5.82 Å². The van der Waals surface area contributed by atoms with Crippen LogP contribution in [0.3, 0.4) is 0 Å². The Hall–Kier alpha value is -0.910. The summed E-state index contributed by atoms with van der Waals surface area (Å²) in [4.78, 5) is 9.38. The lowest BCUT2D eigenvalue weighted by Crippen LogP contribution is -2.27. The van der Waals surface area contributed by atoms with Crippen LogP contribution < -0.4 is 5.32 Å². The molecule has 2 heterocycles. The lowest BCUT2D eigenvalue weighted by Gasteiger charge is -2.15. The van der Waals surface area contributed by atoms with Gasteiger partial charge in [-0.25, -0.2) is 9.97 Å². The number of anilines is 1. The van der Waals surface area contributed by atoms with Crippen molar-refractivity contribution in [1.82, 2.24) is 9.97 Å². The first-order valence-corrected chi connectivity index (χ1v) is 6.26. The van der Waals surface area contributed by atoms with Crippen molar-refractivity contribution in [2.45, 2.75) is 6.04 Å². The smallest absolute Gasteiger partial charge is 0.138 e. The minimum absolute atomic E-state index is 0.0599. The van der Waals surface area contributed by atoms with Crippen molar-refractivity contribution >= 4 is 39.0 Å². The van der Waals surface area contributed by atoms with Gasteiger partial charge in [-0.1, -0.05) is 0 Å². The molecule has 4 nitrogen and oxygen atoms in total. The van der Waals surface area contributed by atoms with Gasteiger partial charge in [-0.3, -0.25) is 0 Å². The predicted molar refractivity (Wildman–Crippen MR) is 67.4 cm³/mol. The maximum absolute atomic E-state index is 5.84. The number of methoxy groups -OCH3 is 1. The molecule has 1 N–H and O–H groups in total. The van der Waals surface area contributed by atoms with Gasteiger partial charge >= 0.3 is 0 Å². The van der Waals surface area contributed by atoms with E-state index in [9.17, 15) is 0 Å². The monoisotopic (exact) mass is 257 g/mol. The van der Waals surface area contributed by atoms with Gasteiger partial charge in [-0.2, -0.15) is 0 Å². The summed E-state index contributed by atoms with van der Waals surface area (Å²) in [6, 6.07) is 2.06. The molecule has 0 amide bonds. The van der Waals surface area contributed by atoms with Gasteiger partial charge < -0.3 is 10.1 Å². The van der Waals surface area contributed by atoms with Crippen molar-refractivity contribution in [3.05, 3.63) is 17.8 Å². The van der Waals surface area contributed by atoms with Gasteiger partial charge in [0, 0.05) is 13.0 Å². The van der Waals surface area contributed by atoms with E-state index < -0.39 is 0 Å². The average molecular weight is 258 g/mol. The zero-order valence-corrected chi connectivity index (χ0v) is 10.4. The second-order valence-corrected chi connectivity index (χ2v) is 4.52. The van der Waals surface area contributed by atoms with Crippen LogP contribution in [0.25, 0.3) is 10.2 Å². The number of aromatic nitrogens is 2. The van der Waals surface area contributed by atoms with E-state index in [0.717, 1.165) is 16.0 Å². The van der Waals surface area contributed by atoms with Gasteiger partial charge in [0.1, 0.15) is 17.0 Å². The van der Waals surface area contributed by atoms with Crippen LogP contribution in [0.15, 0.2) is 17.8 Å². The molecule has 0 saturated carbocycles. The normalized spacial score (nSPS) is 12.9. The van der Waals surface area contributed by atoms with Crippen LogP contribution in [-0.4, -0.2) is 35.6 Å². The fourth-order valence-electron chi connectivity index (χ4n) is 1.42. The van der Waals surface area contributed by atoms with Crippen molar-refractivity contribution in [3.63, 3.8) is 0 Å². The first-order valence-electron chi connectivity index (χ1n) is 4.84. The van der Waals surface area contributed by atoms with Crippen LogP contribution in [0.5, 0.6) is 0 Å². The molecule has 6 heteroatoms. The number of ether oxygens (including phenoxy) is 1. The van der Waals surface area contributed by atoms with Gasteiger partial charge in [0.05, 0.1) is 18.0 Å². The third-order valence-corrected chi connectivity index (χ3v) is 3.35. The van der Waals surface area contributed by atoms with Crippen molar-refractivity contribution < 1.29 is 4.74 Å². The summed E-state index contributed by atoms with van der Waals surface area (Å²) in [7, 11) is 1.65. The van der Waals surface area contributed by atoms with Crippen LogP contribution >= 0.6 is 22.9 Å². The summed E-state index contributed by atoms with van der Waals surface area (Å²) in [5.74, 6) is 1.29. The van der Waals surface area contributed by atoms with E-state index in [0.29, 0.717) is 12.5 Å². The van der Waals surface area contributed by atoms with Crippen molar-refractivity contribution in [2.24, 2.45) is 0 Å². The summed E-state index contributed by atoms with van der Waals surface area (Å²) in [5, 5.41) is 6.28. The minimum atomic E-state index is 0.0599. The first kappa shape index (κ1) is 11.6. The van der Waals surface area contributed by atoms with Crippen molar-refractivity contribution in [3.8, 4) is 0 Å². The van der Waals surface area contributed by atoms with Gasteiger partial charge in [-0.15, -0.1) is 22.9 Å². The molecule has 0 radical (unpaired) electrons. The SMILES string of the molecule is COCC(CCl)Nc1ncnc2sccc12.